The molecule has 6 heteroatoms. The number of hydrogen-bond donors (Lipinski definition) is 4. The summed E-state index contributed by atoms with van der Waals surface area (Å²) >= 11 is 0. The summed E-state index contributed by atoms with van der Waals surface area (Å²) in [5.41, 5.74) is 0. The first-order valence-electron chi connectivity index (χ1n) is 4.87. The maximum absolute atomic E-state index is 8.70. The Morgan fingerprint density at radius 1 is 0.667 bits per heavy atom. The largest absolute Gasteiger partial charge is 0.396 e. The fraction of sp³-hybridized carbons (Fsp3) is 1.00. The Hall–Kier alpha value is -0.240. The zero-order valence-corrected chi connectivity index (χ0v) is 8.71. The molecule has 0 bridgehead atoms. The van der Waals surface area contributed by atoms with Gasteiger partial charge in [0.2, 0.25) is 0 Å². The van der Waals surface area contributed by atoms with Gasteiger partial charge in [0, 0.05) is 11.8 Å². The fourth-order valence-electron chi connectivity index (χ4n) is 0.815. The van der Waals surface area contributed by atoms with Gasteiger partial charge in [0.05, 0.1) is 39.6 Å². The number of rotatable bonds is 10. The molecule has 0 aliphatic heterocycles. The zero-order chi connectivity index (χ0) is 11.5. The van der Waals surface area contributed by atoms with Gasteiger partial charge in [-0.15, -0.1) is 0 Å². The van der Waals surface area contributed by atoms with Crippen molar-refractivity contribution in [3.63, 3.8) is 0 Å². The molecule has 0 atom stereocenters. The van der Waals surface area contributed by atoms with Crippen LogP contribution in [0.15, 0.2) is 0 Å². The van der Waals surface area contributed by atoms with E-state index in [1.54, 1.807) is 0 Å². The Morgan fingerprint density at radius 2 is 1.00 bits per heavy atom. The highest BCUT2D eigenvalue weighted by Gasteiger charge is 2.07. The van der Waals surface area contributed by atoms with Gasteiger partial charge in [0.25, 0.3) is 0 Å². The average Bonchev–Trinajstić information content (AvgIpc) is 2.29. The molecule has 0 saturated carbocycles. The van der Waals surface area contributed by atoms with Crippen LogP contribution in [0.4, 0.5) is 0 Å². The molecule has 0 aliphatic rings. The molecule has 0 unspecified atom stereocenters. The van der Waals surface area contributed by atoms with Gasteiger partial charge in [-0.05, 0) is 0 Å². The predicted molar refractivity (Wildman–Crippen MR) is 52.1 cm³/mol. The van der Waals surface area contributed by atoms with E-state index in [0.29, 0.717) is 0 Å². The van der Waals surface area contributed by atoms with E-state index < -0.39 is 0 Å². The Balaban J connectivity index is 3.30. The number of ether oxygens (including phenoxy) is 2. The van der Waals surface area contributed by atoms with E-state index in [1.165, 1.54) is 0 Å². The summed E-state index contributed by atoms with van der Waals surface area (Å²) in [5.74, 6) is -0.583. The summed E-state index contributed by atoms with van der Waals surface area (Å²) in [7, 11) is 0. The molecule has 0 fully saturated rings. The van der Waals surface area contributed by atoms with Gasteiger partial charge in [-0.25, -0.2) is 0 Å². The van der Waals surface area contributed by atoms with Crippen molar-refractivity contribution in [3.8, 4) is 0 Å². The lowest BCUT2D eigenvalue weighted by atomic mass is 10.2. The summed E-state index contributed by atoms with van der Waals surface area (Å²) < 4.78 is 10.0. The van der Waals surface area contributed by atoms with Crippen molar-refractivity contribution < 1.29 is 29.9 Å². The molecule has 0 aromatic heterocycles. The lowest BCUT2D eigenvalue weighted by Crippen LogP contribution is -2.21. The molecule has 4 N–H and O–H groups in total. The molecule has 92 valence electrons. The molecule has 0 heterocycles. The smallest absolute Gasteiger partial charge is 0.146 e. The summed E-state index contributed by atoms with van der Waals surface area (Å²) in [4.78, 5) is 0. The molecule has 0 aromatic rings. The summed E-state index contributed by atoms with van der Waals surface area (Å²) in [6.07, 6.45) is 0. The van der Waals surface area contributed by atoms with Crippen LogP contribution in [0, 0.1) is 11.8 Å². The van der Waals surface area contributed by atoms with Gasteiger partial charge in [-0.1, -0.05) is 0 Å². The highest BCUT2D eigenvalue weighted by Crippen LogP contribution is 1.97. The molecular formula is C9H20O6. The Bertz CT molecular complexity index is 110. The van der Waals surface area contributed by atoms with Gasteiger partial charge in [-0.2, -0.15) is 0 Å². The summed E-state index contributed by atoms with van der Waals surface area (Å²) in [6, 6.07) is 0. The van der Waals surface area contributed by atoms with Crippen LogP contribution < -0.4 is 0 Å². The summed E-state index contributed by atoms with van der Waals surface area (Å²) in [5, 5.41) is 34.8. The Kier molecular flexibility index (Phi) is 10.1. The molecular weight excluding hydrogens is 204 g/mol. The molecule has 0 rings (SSSR count). The van der Waals surface area contributed by atoms with E-state index in [4.69, 9.17) is 29.9 Å². The molecule has 0 amide bonds. The van der Waals surface area contributed by atoms with Crippen molar-refractivity contribution >= 4 is 0 Å². The highest BCUT2D eigenvalue weighted by molar-refractivity contribution is 4.53. The van der Waals surface area contributed by atoms with Crippen LogP contribution in [0.3, 0.4) is 0 Å². The van der Waals surface area contributed by atoms with Crippen LogP contribution in [-0.4, -0.2) is 66.9 Å². The number of aliphatic hydroxyl groups is 4. The highest BCUT2D eigenvalue weighted by atomic mass is 16.7. The van der Waals surface area contributed by atoms with Crippen molar-refractivity contribution in [1.82, 2.24) is 0 Å². The first kappa shape index (κ1) is 14.8. The van der Waals surface area contributed by atoms with E-state index in [9.17, 15) is 0 Å². The van der Waals surface area contributed by atoms with Crippen LogP contribution in [0.2, 0.25) is 0 Å². The monoisotopic (exact) mass is 224 g/mol. The minimum Gasteiger partial charge on any atom is -0.396 e. The normalized spacial score (nSPS) is 11.6. The molecule has 6 nitrogen and oxygen atoms in total. The zero-order valence-electron chi connectivity index (χ0n) is 8.71. The van der Waals surface area contributed by atoms with E-state index in [-0.39, 0.29) is 58.3 Å². The summed E-state index contributed by atoms with van der Waals surface area (Å²) in [6.45, 7) is -0.0730. The maximum atomic E-state index is 8.70. The molecule has 15 heavy (non-hydrogen) atoms. The fourth-order valence-corrected chi connectivity index (χ4v) is 0.815. The van der Waals surface area contributed by atoms with Crippen LogP contribution in [0.1, 0.15) is 0 Å². The van der Waals surface area contributed by atoms with Crippen molar-refractivity contribution in [2.75, 3.05) is 46.4 Å². The first-order valence-corrected chi connectivity index (χ1v) is 4.87. The van der Waals surface area contributed by atoms with Crippen molar-refractivity contribution in [1.29, 1.82) is 0 Å². The quantitative estimate of drug-likeness (QED) is 0.257. The maximum Gasteiger partial charge on any atom is 0.146 e. The van der Waals surface area contributed by atoms with Gasteiger partial charge >= 0.3 is 0 Å². The third-order valence-electron chi connectivity index (χ3n) is 1.91. The van der Waals surface area contributed by atoms with E-state index in [1.807, 2.05) is 0 Å². The van der Waals surface area contributed by atoms with Crippen LogP contribution >= 0.6 is 0 Å². The van der Waals surface area contributed by atoms with E-state index in [2.05, 4.69) is 0 Å². The lowest BCUT2D eigenvalue weighted by molar-refractivity contribution is -0.0892. The molecule has 0 aliphatic carbocycles. The first-order chi connectivity index (χ1) is 7.28. The van der Waals surface area contributed by atoms with Crippen LogP contribution in [0.5, 0.6) is 0 Å². The van der Waals surface area contributed by atoms with Crippen molar-refractivity contribution in [3.05, 3.63) is 0 Å². The van der Waals surface area contributed by atoms with Gasteiger partial charge < -0.3 is 29.9 Å². The number of hydrogen-bond acceptors (Lipinski definition) is 6. The average molecular weight is 224 g/mol. The minimum absolute atomic E-state index is 0.0208. The third kappa shape index (κ3) is 7.66. The second kappa shape index (κ2) is 10.3. The Labute approximate surface area is 89.1 Å². The van der Waals surface area contributed by atoms with Crippen molar-refractivity contribution in [2.24, 2.45) is 11.8 Å². The predicted octanol–water partition coefficient (Wildman–Crippen LogP) is -1.82. The van der Waals surface area contributed by atoms with Crippen molar-refractivity contribution in [2.45, 2.75) is 0 Å². The second-order valence-electron chi connectivity index (χ2n) is 3.32. The van der Waals surface area contributed by atoms with Crippen LogP contribution in [0.25, 0.3) is 0 Å². The molecule has 0 spiro atoms. The van der Waals surface area contributed by atoms with E-state index >= 15 is 0 Å². The molecule has 0 aromatic carbocycles. The second-order valence-corrected chi connectivity index (χ2v) is 3.32. The Morgan fingerprint density at radius 3 is 1.27 bits per heavy atom. The molecule has 0 saturated heterocycles. The SMILES string of the molecule is OCC(CO)COCOCC(CO)CO. The number of aliphatic hydroxyl groups excluding tert-OH is 4. The van der Waals surface area contributed by atoms with Gasteiger partial charge in [0.15, 0.2) is 0 Å². The van der Waals surface area contributed by atoms with Crippen LogP contribution in [-0.2, 0) is 9.47 Å². The minimum atomic E-state index is -0.292. The standard InChI is InChI=1S/C9H20O6/c10-1-8(2-11)5-14-7-15-6-9(3-12)4-13/h8-13H,1-7H2. The van der Waals surface area contributed by atoms with Gasteiger partial charge in [0.1, 0.15) is 6.79 Å². The van der Waals surface area contributed by atoms with Gasteiger partial charge in [-0.3, -0.25) is 0 Å². The molecule has 0 radical (unpaired) electrons. The van der Waals surface area contributed by atoms with E-state index in [0.717, 1.165) is 0 Å². The lowest BCUT2D eigenvalue weighted by Gasteiger charge is -2.13. The third-order valence-corrected chi connectivity index (χ3v) is 1.91. The topological polar surface area (TPSA) is 99.4 Å².